The highest BCUT2D eigenvalue weighted by atomic mass is 19.1. The Morgan fingerprint density at radius 3 is 2.59 bits per heavy atom. The molecule has 1 heterocycles. The molecule has 1 aromatic carbocycles. The number of aromatic nitrogens is 1. The summed E-state index contributed by atoms with van der Waals surface area (Å²) in [6, 6.07) is 6.45. The van der Waals surface area contributed by atoms with Crippen molar-refractivity contribution in [3.8, 4) is 5.75 Å². The number of carbonyl (C=O) groups is 1. The van der Waals surface area contributed by atoms with Crippen molar-refractivity contribution in [2.45, 2.75) is 25.9 Å². The Morgan fingerprint density at radius 1 is 1.19 bits per heavy atom. The molecular formula is C20H21F2NO4. The van der Waals surface area contributed by atoms with Crippen LogP contribution in [0.1, 0.15) is 25.8 Å². The fourth-order valence-corrected chi connectivity index (χ4v) is 2.08. The summed E-state index contributed by atoms with van der Waals surface area (Å²) in [4.78, 5) is 16.1. The number of nitrogens with zero attached hydrogens (tertiary/aromatic N) is 1. The van der Waals surface area contributed by atoms with Gasteiger partial charge in [-0.05, 0) is 38.1 Å². The Morgan fingerprint density at radius 2 is 1.93 bits per heavy atom. The third kappa shape index (κ3) is 6.06. The minimum absolute atomic E-state index is 0.0951. The molecule has 0 fully saturated rings. The summed E-state index contributed by atoms with van der Waals surface area (Å²) in [5.41, 5.74) is -0.663. The molecule has 0 radical (unpaired) electrons. The van der Waals surface area contributed by atoms with E-state index in [2.05, 4.69) is 11.6 Å². The maximum Gasteiger partial charge on any atom is 0.349 e. The first kappa shape index (κ1) is 20.4. The van der Waals surface area contributed by atoms with Crippen molar-refractivity contribution < 1.29 is 27.8 Å². The first-order chi connectivity index (χ1) is 12.8. The van der Waals surface area contributed by atoms with Crippen LogP contribution in [0.5, 0.6) is 5.75 Å². The molecule has 0 N–H and O–H groups in total. The van der Waals surface area contributed by atoms with Crippen LogP contribution < -0.4 is 4.74 Å². The van der Waals surface area contributed by atoms with Crippen LogP contribution in [-0.2, 0) is 14.3 Å². The largest absolute Gasteiger partial charge is 0.493 e. The summed E-state index contributed by atoms with van der Waals surface area (Å²) in [6.07, 6.45) is 3.72. The van der Waals surface area contributed by atoms with Crippen molar-refractivity contribution in [2.75, 3.05) is 13.2 Å². The van der Waals surface area contributed by atoms with Crippen molar-refractivity contribution in [3.05, 3.63) is 66.5 Å². The summed E-state index contributed by atoms with van der Waals surface area (Å²) in [6.45, 7) is 7.09. The maximum absolute atomic E-state index is 13.7. The van der Waals surface area contributed by atoms with Crippen molar-refractivity contribution in [3.63, 3.8) is 0 Å². The number of hydrogen-bond acceptors (Lipinski definition) is 5. The normalized spacial score (nSPS) is 11.0. The van der Waals surface area contributed by atoms with E-state index in [0.29, 0.717) is 24.9 Å². The molecule has 7 heteroatoms. The molecule has 27 heavy (non-hydrogen) atoms. The molecule has 0 atom stereocenters. The van der Waals surface area contributed by atoms with Crippen molar-refractivity contribution in [1.82, 2.24) is 4.98 Å². The molecule has 0 aliphatic rings. The molecule has 0 bridgehead atoms. The summed E-state index contributed by atoms with van der Waals surface area (Å²) < 4.78 is 42.6. The molecule has 0 aliphatic carbocycles. The van der Waals surface area contributed by atoms with E-state index in [9.17, 15) is 13.6 Å². The number of halogens is 2. The number of ether oxygens (including phenoxy) is 3. The van der Waals surface area contributed by atoms with Gasteiger partial charge in [0.05, 0.1) is 13.2 Å². The van der Waals surface area contributed by atoms with Crippen LogP contribution in [-0.4, -0.2) is 29.8 Å². The van der Waals surface area contributed by atoms with E-state index in [4.69, 9.17) is 14.2 Å². The number of carbonyl (C=O) groups excluding carboxylic acids is 1. The molecule has 0 unspecified atom stereocenters. The van der Waals surface area contributed by atoms with Crippen LogP contribution in [0.15, 0.2) is 49.3 Å². The highest BCUT2D eigenvalue weighted by Gasteiger charge is 2.32. The smallest absolute Gasteiger partial charge is 0.349 e. The van der Waals surface area contributed by atoms with Crippen molar-refractivity contribution in [1.29, 1.82) is 0 Å². The lowest BCUT2D eigenvalue weighted by atomic mass is 10.1. The van der Waals surface area contributed by atoms with Gasteiger partial charge in [0.25, 0.3) is 0 Å². The fraction of sp³-hybridized carbons (Fsp3) is 0.300. The molecule has 1 aromatic heterocycles. The summed E-state index contributed by atoms with van der Waals surface area (Å²) in [5, 5.41) is 0. The Hall–Kier alpha value is -2.96. The summed E-state index contributed by atoms with van der Waals surface area (Å²) >= 11 is 0. The Labute approximate surface area is 156 Å². The number of esters is 1. The van der Waals surface area contributed by atoms with Crippen LogP contribution in [0.2, 0.25) is 0 Å². The second kappa shape index (κ2) is 9.12. The van der Waals surface area contributed by atoms with E-state index in [1.807, 2.05) is 6.07 Å². The number of benzene rings is 1. The Kier molecular flexibility index (Phi) is 6.87. The van der Waals surface area contributed by atoms with Gasteiger partial charge >= 0.3 is 5.97 Å². The lowest BCUT2D eigenvalue weighted by Crippen LogP contribution is -2.40. The van der Waals surface area contributed by atoms with Crippen LogP contribution in [0, 0.1) is 11.6 Å². The minimum Gasteiger partial charge on any atom is -0.493 e. The van der Waals surface area contributed by atoms with E-state index in [1.54, 1.807) is 18.5 Å². The standard InChI is InChI=1S/C20H21F2NO4/c1-14(15-6-4-9-23-13-15)25-10-5-11-26-19(24)20(2,3)27-18-8-7-16(21)12-17(18)22/h4,6-9,12-13H,1,5,10-11H2,2-3H3. The summed E-state index contributed by atoms with van der Waals surface area (Å²) in [7, 11) is 0. The van der Waals surface area contributed by atoms with Gasteiger partial charge in [0, 0.05) is 30.4 Å². The van der Waals surface area contributed by atoms with E-state index in [-0.39, 0.29) is 12.4 Å². The van der Waals surface area contributed by atoms with Crippen LogP contribution in [0.25, 0.3) is 5.76 Å². The van der Waals surface area contributed by atoms with Gasteiger partial charge < -0.3 is 14.2 Å². The Balaban J connectivity index is 1.75. The number of pyridine rings is 1. The number of hydrogen-bond donors (Lipinski definition) is 0. The van der Waals surface area contributed by atoms with Crippen molar-refractivity contribution >= 4 is 11.7 Å². The molecule has 0 amide bonds. The average Bonchev–Trinajstić information content (AvgIpc) is 2.64. The number of rotatable bonds is 9. The lowest BCUT2D eigenvalue weighted by Gasteiger charge is -2.24. The average molecular weight is 377 g/mol. The second-order valence-electron chi connectivity index (χ2n) is 6.19. The van der Waals surface area contributed by atoms with Gasteiger partial charge in [0.1, 0.15) is 11.6 Å². The molecule has 0 spiro atoms. The first-order valence-corrected chi connectivity index (χ1v) is 8.33. The molecule has 5 nitrogen and oxygen atoms in total. The Bertz CT molecular complexity index is 794. The zero-order valence-corrected chi connectivity index (χ0v) is 15.2. The van der Waals surface area contributed by atoms with Crippen molar-refractivity contribution in [2.24, 2.45) is 0 Å². The molecule has 0 saturated heterocycles. The maximum atomic E-state index is 13.7. The molecular weight excluding hydrogens is 356 g/mol. The zero-order chi connectivity index (χ0) is 19.9. The molecule has 0 aliphatic heterocycles. The van der Waals surface area contributed by atoms with E-state index in [1.165, 1.54) is 13.8 Å². The second-order valence-corrected chi connectivity index (χ2v) is 6.19. The first-order valence-electron chi connectivity index (χ1n) is 8.33. The zero-order valence-electron chi connectivity index (χ0n) is 15.2. The fourth-order valence-electron chi connectivity index (χ4n) is 2.08. The van der Waals surface area contributed by atoms with Gasteiger partial charge in [-0.3, -0.25) is 4.98 Å². The lowest BCUT2D eigenvalue weighted by molar-refractivity contribution is -0.159. The monoisotopic (exact) mass is 377 g/mol. The third-order valence-electron chi connectivity index (χ3n) is 3.53. The molecule has 144 valence electrons. The van der Waals surface area contributed by atoms with E-state index < -0.39 is 23.2 Å². The molecule has 0 saturated carbocycles. The van der Waals surface area contributed by atoms with Gasteiger partial charge in [-0.25, -0.2) is 13.6 Å². The topological polar surface area (TPSA) is 57.7 Å². The van der Waals surface area contributed by atoms with Gasteiger partial charge in [-0.15, -0.1) is 0 Å². The van der Waals surface area contributed by atoms with Crippen LogP contribution in [0.4, 0.5) is 8.78 Å². The van der Waals surface area contributed by atoms with Gasteiger partial charge in [-0.2, -0.15) is 0 Å². The molecule has 2 aromatic rings. The predicted octanol–water partition coefficient (Wildman–Crippen LogP) is 4.14. The van der Waals surface area contributed by atoms with E-state index in [0.717, 1.165) is 17.7 Å². The van der Waals surface area contributed by atoms with Gasteiger partial charge in [-0.1, -0.05) is 6.58 Å². The third-order valence-corrected chi connectivity index (χ3v) is 3.53. The van der Waals surface area contributed by atoms with E-state index >= 15 is 0 Å². The highest BCUT2D eigenvalue weighted by Crippen LogP contribution is 2.23. The molecule has 2 rings (SSSR count). The predicted molar refractivity (Wildman–Crippen MR) is 95.9 cm³/mol. The van der Waals surface area contributed by atoms with Crippen LogP contribution >= 0.6 is 0 Å². The van der Waals surface area contributed by atoms with Gasteiger partial charge in [0.2, 0.25) is 0 Å². The quantitative estimate of drug-likeness (QED) is 0.373. The van der Waals surface area contributed by atoms with Crippen LogP contribution in [0.3, 0.4) is 0 Å². The minimum atomic E-state index is -1.43. The summed E-state index contributed by atoms with van der Waals surface area (Å²) in [5.74, 6) is -2.04. The highest BCUT2D eigenvalue weighted by molar-refractivity contribution is 5.79. The SMILES string of the molecule is C=C(OCCCOC(=O)C(C)(C)Oc1ccc(F)cc1F)c1cccnc1. The van der Waals surface area contributed by atoms with Gasteiger partial charge in [0.15, 0.2) is 17.2 Å².